The average molecular weight is 514 g/mol. The first-order chi connectivity index (χ1) is 17.1. The van der Waals surface area contributed by atoms with E-state index in [0.29, 0.717) is 17.9 Å². The Bertz CT molecular complexity index is 1280. The van der Waals surface area contributed by atoms with Crippen molar-refractivity contribution in [2.24, 2.45) is 0 Å². The first kappa shape index (κ1) is 23.7. The van der Waals surface area contributed by atoms with E-state index in [9.17, 15) is 13.2 Å². The lowest BCUT2D eigenvalue weighted by Gasteiger charge is -2.38. The Morgan fingerprint density at radius 1 is 0.944 bits per heavy atom. The summed E-state index contributed by atoms with van der Waals surface area (Å²) in [6.45, 7) is 7.38. The minimum absolute atomic E-state index is 0.155. The molecule has 1 spiro atoms. The van der Waals surface area contributed by atoms with Crippen molar-refractivity contribution in [3.8, 4) is 0 Å². The number of ether oxygens (including phenoxy) is 1. The van der Waals surface area contributed by atoms with E-state index in [4.69, 9.17) is 14.4 Å². The summed E-state index contributed by atoms with van der Waals surface area (Å²) in [7, 11) is -3.20. The zero-order valence-electron chi connectivity index (χ0n) is 20.6. The monoisotopic (exact) mass is 513 g/mol. The molecule has 0 atom stereocenters. The number of anilines is 2. The molecular weight excluding hydrogens is 482 g/mol. The molecule has 10 heteroatoms. The van der Waals surface area contributed by atoms with Crippen LogP contribution in [-0.4, -0.2) is 57.2 Å². The van der Waals surface area contributed by atoms with Gasteiger partial charge in [-0.25, -0.2) is 22.9 Å². The number of sulfone groups is 1. The highest BCUT2D eigenvalue weighted by Gasteiger charge is 2.47. The average Bonchev–Trinajstić information content (AvgIpc) is 3.14. The van der Waals surface area contributed by atoms with Crippen LogP contribution in [0.3, 0.4) is 0 Å². The zero-order chi connectivity index (χ0) is 25.1. The topological polar surface area (TPSA) is 88.6 Å². The number of benzene rings is 2. The summed E-state index contributed by atoms with van der Waals surface area (Å²) in [5.74, 6) is 0.210. The molecule has 0 N–H and O–H groups in total. The lowest BCUT2D eigenvalue weighted by molar-refractivity contribution is -0.277. The highest BCUT2D eigenvalue weighted by molar-refractivity contribution is 7.91. The van der Waals surface area contributed by atoms with Crippen molar-refractivity contribution in [3.05, 3.63) is 53.6 Å². The molecule has 2 aromatic rings. The lowest BCUT2D eigenvalue weighted by Crippen LogP contribution is -2.46. The number of carbonyl (C=O) groups is 1. The van der Waals surface area contributed by atoms with Gasteiger partial charge >= 0.3 is 6.09 Å². The third kappa shape index (κ3) is 4.15. The highest BCUT2D eigenvalue weighted by Crippen LogP contribution is 2.40. The van der Waals surface area contributed by atoms with Gasteiger partial charge in [-0.05, 0) is 53.3 Å². The first-order valence-corrected chi connectivity index (χ1v) is 14.0. The standard InChI is InChI=1S/C26H31N3O6S/c1-25(2)11-14-36(31,32)23-8-3-19(15-22(23)25)16-27-12-9-26(10-13-27)17-28(24(30)35-26)20-4-6-21(7-5-20)29-33-18-34-29/h3-8,15H,9-14,16-18H2,1-2H3. The lowest BCUT2D eigenvalue weighted by atomic mass is 9.81. The van der Waals surface area contributed by atoms with Gasteiger partial charge in [0.15, 0.2) is 9.84 Å². The Morgan fingerprint density at radius 3 is 2.31 bits per heavy atom. The highest BCUT2D eigenvalue weighted by atomic mass is 32.2. The predicted molar refractivity (Wildman–Crippen MR) is 133 cm³/mol. The third-order valence-corrected chi connectivity index (χ3v) is 9.73. The summed E-state index contributed by atoms with van der Waals surface area (Å²) in [5.41, 5.74) is 2.96. The number of fused-ring (bicyclic) bond motifs is 1. The van der Waals surface area contributed by atoms with Crippen molar-refractivity contribution < 1.29 is 27.6 Å². The molecule has 0 unspecified atom stereocenters. The van der Waals surface area contributed by atoms with E-state index in [1.807, 2.05) is 30.3 Å². The molecule has 192 valence electrons. The maximum absolute atomic E-state index is 12.7. The number of amides is 1. The Balaban J connectivity index is 1.10. The van der Waals surface area contributed by atoms with E-state index in [-0.39, 0.29) is 24.1 Å². The molecule has 0 bridgehead atoms. The number of likely N-dealkylation sites (tertiary alicyclic amines) is 1. The molecule has 4 heterocycles. The van der Waals surface area contributed by atoms with Gasteiger partial charge in [0.2, 0.25) is 6.79 Å². The third-order valence-electron chi connectivity index (χ3n) is 7.96. The van der Waals surface area contributed by atoms with Crippen LogP contribution in [0.25, 0.3) is 0 Å². The molecule has 0 aliphatic carbocycles. The molecule has 6 rings (SSSR count). The van der Waals surface area contributed by atoms with Gasteiger partial charge < -0.3 is 4.74 Å². The molecule has 4 aliphatic heterocycles. The minimum Gasteiger partial charge on any atom is -0.441 e. The number of hydrogen-bond acceptors (Lipinski definition) is 8. The second-order valence-corrected chi connectivity index (χ2v) is 12.9. The number of carbonyl (C=O) groups excluding carboxylic acids is 1. The molecular formula is C26H31N3O6S. The molecule has 3 saturated heterocycles. The van der Waals surface area contributed by atoms with Crippen molar-refractivity contribution in [1.82, 2.24) is 4.90 Å². The van der Waals surface area contributed by atoms with E-state index in [1.165, 1.54) is 5.23 Å². The summed E-state index contributed by atoms with van der Waals surface area (Å²) >= 11 is 0. The van der Waals surface area contributed by atoms with Gasteiger partial charge in [0, 0.05) is 38.2 Å². The van der Waals surface area contributed by atoms with Gasteiger partial charge in [0.25, 0.3) is 0 Å². The van der Waals surface area contributed by atoms with Crippen molar-refractivity contribution in [1.29, 1.82) is 0 Å². The van der Waals surface area contributed by atoms with Crippen molar-refractivity contribution in [2.75, 3.05) is 42.3 Å². The van der Waals surface area contributed by atoms with Crippen LogP contribution in [0.15, 0.2) is 47.4 Å². The molecule has 1 amide bonds. The summed E-state index contributed by atoms with van der Waals surface area (Å²) in [5, 5.41) is 1.34. The number of hydrogen-bond donors (Lipinski definition) is 0. The Morgan fingerprint density at radius 2 is 1.64 bits per heavy atom. The quantitative estimate of drug-likeness (QED) is 0.611. The maximum atomic E-state index is 12.7. The van der Waals surface area contributed by atoms with Gasteiger partial charge in [-0.3, -0.25) is 9.80 Å². The smallest absolute Gasteiger partial charge is 0.415 e. The summed E-state index contributed by atoms with van der Waals surface area (Å²) in [6.07, 6.45) is 1.84. The summed E-state index contributed by atoms with van der Waals surface area (Å²) < 4.78 is 31.0. The molecule has 0 radical (unpaired) electrons. The second kappa shape index (κ2) is 8.44. The Kier molecular flexibility index (Phi) is 5.56. The van der Waals surface area contributed by atoms with Gasteiger partial charge in [0.1, 0.15) is 5.60 Å². The van der Waals surface area contributed by atoms with E-state index in [1.54, 1.807) is 11.0 Å². The fourth-order valence-electron chi connectivity index (χ4n) is 5.58. The molecule has 0 saturated carbocycles. The number of nitrogens with zero attached hydrogens (tertiary/aromatic N) is 3. The normalized spacial score (nSPS) is 24.3. The van der Waals surface area contributed by atoms with Gasteiger partial charge in [-0.2, -0.15) is 0 Å². The van der Waals surface area contributed by atoms with Crippen molar-refractivity contribution in [2.45, 2.75) is 55.6 Å². The number of rotatable bonds is 4. The van der Waals surface area contributed by atoms with Crippen LogP contribution in [0.2, 0.25) is 0 Å². The largest absolute Gasteiger partial charge is 0.441 e. The fourth-order valence-corrected chi connectivity index (χ4v) is 7.52. The van der Waals surface area contributed by atoms with Gasteiger partial charge in [0.05, 0.1) is 22.9 Å². The first-order valence-electron chi connectivity index (χ1n) is 12.4. The van der Waals surface area contributed by atoms with Crippen molar-refractivity contribution >= 4 is 27.3 Å². The van der Waals surface area contributed by atoms with E-state index < -0.39 is 15.4 Å². The van der Waals surface area contributed by atoms with Crippen LogP contribution in [0.1, 0.15) is 44.2 Å². The fraction of sp³-hybridized carbons (Fsp3) is 0.500. The Labute approximate surface area is 211 Å². The second-order valence-electron chi connectivity index (χ2n) is 10.8. The van der Waals surface area contributed by atoms with Crippen LogP contribution in [0.5, 0.6) is 0 Å². The SMILES string of the molecule is CC1(C)CCS(=O)(=O)c2ccc(CN3CCC4(CC3)CN(c3ccc(N5OCO5)cc3)C(=O)O4)cc21. The van der Waals surface area contributed by atoms with Crippen LogP contribution in [-0.2, 0) is 36.2 Å². The van der Waals surface area contributed by atoms with Crippen LogP contribution >= 0.6 is 0 Å². The van der Waals surface area contributed by atoms with Crippen LogP contribution < -0.4 is 10.1 Å². The predicted octanol–water partition coefficient (Wildman–Crippen LogP) is 3.77. The minimum atomic E-state index is -3.20. The molecule has 0 aromatic heterocycles. The van der Waals surface area contributed by atoms with Gasteiger partial charge in [-0.15, -0.1) is 5.23 Å². The van der Waals surface area contributed by atoms with Crippen molar-refractivity contribution in [3.63, 3.8) is 0 Å². The molecule has 9 nitrogen and oxygen atoms in total. The van der Waals surface area contributed by atoms with Gasteiger partial charge in [-0.1, -0.05) is 26.0 Å². The molecule has 3 fully saturated rings. The number of piperidine rings is 1. The molecule has 2 aromatic carbocycles. The van der Waals surface area contributed by atoms with Crippen LogP contribution in [0, 0.1) is 0 Å². The maximum Gasteiger partial charge on any atom is 0.415 e. The van der Waals surface area contributed by atoms with E-state index in [2.05, 4.69) is 24.8 Å². The van der Waals surface area contributed by atoms with E-state index >= 15 is 0 Å². The Hall–Kier alpha value is -2.66. The zero-order valence-corrected chi connectivity index (χ0v) is 21.4. The molecule has 36 heavy (non-hydrogen) atoms. The summed E-state index contributed by atoms with van der Waals surface area (Å²) in [4.78, 5) is 27.6. The van der Waals surface area contributed by atoms with Crippen LogP contribution in [0.4, 0.5) is 16.2 Å². The molecule has 4 aliphatic rings. The summed E-state index contributed by atoms with van der Waals surface area (Å²) in [6, 6.07) is 13.2. The van der Waals surface area contributed by atoms with E-state index in [0.717, 1.165) is 55.0 Å².